The van der Waals surface area contributed by atoms with Gasteiger partial charge in [-0.1, -0.05) is 24.3 Å². The monoisotopic (exact) mass is 377 g/mol. The highest BCUT2D eigenvalue weighted by atomic mass is 16.2. The highest BCUT2D eigenvalue weighted by Crippen LogP contribution is 2.29. The molecule has 2 fully saturated rings. The van der Waals surface area contributed by atoms with Gasteiger partial charge in [0.05, 0.1) is 12.6 Å². The van der Waals surface area contributed by atoms with Crippen molar-refractivity contribution in [2.24, 2.45) is 5.73 Å². The molecule has 0 radical (unpaired) electrons. The topological polar surface area (TPSA) is 103 Å². The van der Waals surface area contributed by atoms with Crippen molar-refractivity contribution in [3.8, 4) is 6.07 Å². The third-order valence-corrected chi connectivity index (χ3v) is 5.77. The lowest BCUT2D eigenvalue weighted by Gasteiger charge is -2.23. The molecule has 7 nitrogen and oxygen atoms in total. The van der Waals surface area contributed by atoms with Crippen LogP contribution in [0.15, 0.2) is 30.3 Å². The van der Waals surface area contributed by atoms with E-state index in [0.717, 1.165) is 42.3 Å². The minimum Gasteiger partial charge on any atom is -0.364 e. The van der Waals surface area contributed by atoms with Crippen molar-refractivity contribution in [3.63, 3.8) is 0 Å². The van der Waals surface area contributed by atoms with Crippen LogP contribution < -0.4 is 5.73 Å². The second kappa shape index (κ2) is 7.56. The number of aromatic nitrogens is 1. The van der Waals surface area contributed by atoms with Gasteiger partial charge in [-0.15, -0.1) is 0 Å². The van der Waals surface area contributed by atoms with Crippen LogP contribution in [0.3, 0.4) is 0 Å². The number of carbonyl (C=O) groups excluding carboxylic acids is 2. The lowest BCUT2D eigenvalue weighted by molar-refractivity contribution is -0.132. The third kappa shape index (κ3) is 3.43. The highest BCUT2D eigenvalue weighted by molar-refractivity contribution is 6.04. The van der Waals surface area contributed by atoms with Gasteiger partial charge in [-0.3, -0.25) is 14.5 Å². The van der Waals surface area contributed by atoms with E-state index in [-0.39, 0.29) is 17.9 Å². The normalized spacial score (nSPS) is 22.5. The zero-order valence-corrected chi connectivity index (χ0v) is 15.7. The van der Waals surface area contributed by atoms with Gasteiger partial charge in [0.1, 0.15) is 11.7 Å². The zero-order chi connectivity index (χ0) is 19.7. The minimum absolute atomic E-state index is 0.0222. The molecule has 2 amide bonds. The predicted octanol–water partition coefficient (Wildman–Crippen LogP) is 1.64. The van der Waals surface area contributed by atoms with E-state index in [4.69, 9.17) is 5.73 Å². The Bertz CT molecular complexity index is 967. The number of fused-ring (bicyclic) bond motifs is 1. The zero-order valence-electron chi connectivity index (χ0n) is 15.7. The Morgan fingerprint density at radius 1 is 1.25 bits per heavy atom. The maximum Gasteiger partial charge on any atom is 0.267 e. The number of nitriles is 1. The van der Waals surface area contributed by atoms with Crippen LogP contribution in [0, 0.1) is 11.3 Å². The number of amides is 2. The predicted molar refractivity (Wildman–Crippen MR) is 104 cm³/mol. The average Bonchev–Trinajstić information content (AvgIpc) is 3.36. The van der Waals surface area contributed by atoms with Crippen molar-refractivity contribution < 1.29 is 9.59 Å². The number of pyridine rings is 1. The van der Waals surface area contributed by atoms with Gasteiger partial charge in [-0.2, -0.15) is 5.26 Å². The van der Waals surface area contributed by atoms with Crippen LogP contribution in [0.25, 0.3) is 10.8 Å². The summed E-state index contributed by atoms with van der Waals surface area (Å²) in [5, 5.41) is 10.9. The van der Waals surface area contributed by atoms with Crippen LogP contribution in [-0.4, -0.2) is 58.8 Å². The number of benzene rings is 1. The van der Waals surface area contributed by atoms with Crippen LogP contribution >= 0.6 is 0 Å². The van der Waals surface area contributed by atoms with Gasteiger partial charge in [-0.25, -0.2) is 4.98 Å². The Morgan fingerprint density at radius 3 is 2.86 bits per heavy atom. The van der Waals surface area contributed by atoms with E-state index in [1.807, 2.05) is 30.3 Å². The number of carbonyl (C=O) groups is 2. The molecule has 0 spiro atoms. The molecule has 7 heteroatoms. The van der Waals surface area contributed by atoms with E-state index in [0.29, 0.717) is 25.3 Å². The second-order valence-electron chi connectivity index (χ2n) is 7.58. The number of likely N-dealkylation sites (tertiary alicyclic amines) is 2. The van der Waals surface area contributed by atoms with E-state index >= 15 is 0 Å². The van der Waals surface area contributed by atoms with E-state index < -0.39 is 5.91 Å². The fourth-order valence-electron chi connectivity index (χ4n) is 4.32. The van der Waals surface area contributed by atoms with E-state index in [1.54, 1.807) is 4.90 Å². The van der Waals surface area contributed by atoms with Gasteiger partial charge < -0.3 is 10.6 Å². The van der Waals surface area contributed by atoms with E-state index in [9.17, 15) is 14.9 Å². The third-order valence-electron chi connectivity index (χ3n) is 5.77. The largest absolute Gasteiger partial charge is 0.364 e. The summed E-state index contributed by atoms with van der Waals surface area (Å²) in [6, 6.07) is 11.6. The van der Waals surface area contributed by atoms with Crippen molar-refractivity contribution in [1.29, 1.82) is 5.26 Å². The van der Waals surface area contributed by atoms with Gasteiger partial charge in [0.15, 0.2) is 0 Å². The molecular formula is C21H23N5O2. The number of nitrogens with zero attached hydrogens (tertiary/aromatic N) is 4. The Kier molecular flexibility index (Phi) is 4.97. The quantitative estimate of drug-likeness (QED) is 0.872. The molecule has 2 atom stereocenters. The number of primary amides is 1. The van der Waals surface area contributed by atoms with Crippen LogP contribution in [-0.2, 0) is 4.79 Å². The second-order valence-corrected chi connectivity index (χ2v) is 7.58. The summed E-state index contributed by atoms with van der Waals surface area (Å²) in [4.78, 5) is 32.8. The lowest BCUT2D eigenvalue weighted by Crippen LogP contribution is -2.41. The summed E-state index contributed by atoms with van der Waals surface area (Å²) < 4.78 is 0. The van der Waals surface area contributed by atoms with Gasteiger partial charge >= 0.3 is 0 Å². The van der Waals surface area contributed by atoms with Crippen molar-refractivity contribution in [1.82, 2.24) is 14.8 Å². The molecule has 4 rings (SSSR count). The van der Waals surface area contributed by atoms with Crippen LogP contribution in [0.2, 0.25) is 0 Å². The smallest absolute Gasteiger partial charge is 0.267 e. The molecule has 2 aromatic rings. The van der Waals surface area contributed by atoms with Crippen LogP contribution in [0.1, 0.15) is 41.4 Å². The molecule has 2 N–H and O–H groups in total. The Morgan fingerprint density at radius 2 is 2.07 bits per heavy atom. The van der Waals surface area contributed by atoms with Crippen LogP contribution in [0.4, 0.5) is 0 Å². The Hall–Kier alpha value is -2.98. The fraction of sp³-hybridized carbons (Fsp3) is 0.429. The number of rotatable bonds is 4. The standard InChI is InChI=1S/C21H23N5O2/c22-11-16-5-3-8-26(16)19(27)13-25-9-7-15(12-25)18-10-14-4-1-2-6-17(14)20(24-18)21(23)28/h1-2,4,6,10,15-16H,3,5,7-9,12-13H2,(H2,23,28)/t15-,16-/m0/s1. The number of nitrogens with two attached hydrogens (primary N) is 1. The molecule has 144 valence electrons. The molecule has 2 aliphatic rings. The molecule has 0 saturated carbocycles. The Balaban J connectivity index is 1.49. The fourth-order valence-corrected chi connectivity index (χ4v) is 4.32. The van der Waals surface area contributed by atoms with Crippen molar-refractivity contribution >= 4 is 22.6 Å². The first-order chi connectivity index (χ1) is 13.6. The van der Waals surface area contributed by atoms with Gasteiger partial charge in [-0.05, 0) is 37.3 Å². The molecule has 0 unspecified atom stereocenters. The van der Waals surface area contributed by atoms with Gasteiger partial charge in [0.2, 0.25) is 5.91 Å². The first kappa shape index (κ1) is 18.4. The van der Waals surface area contributed by atoms with Crippen molar-refractivity contribution in [3.05, 3.63) is 41.7 Å². The summed E-state index contributed by atoms with van der Waals surface area (Å²) >= 11 is 0. The lowest BCUT2D eigenvalue weighted by atomic mass is 10.00. The Labute approximate surface area is 163 Å². The summed E-state index contributed by atoms with van der Waals surface area (Å²) in [6.45, 7) is 2.50. The molecule has 3 heterocycles. The molecule has 2 saturated heterocycles. The van der Waals surface area contributed by atoms with Gasteiger partial charge in [0, 0.05) is 30.1 Å². The molecular weight excluding hydrogens is 354 g/mol. The maximum absolute atomic E-state index is 12.6. The van der Waals surface area contributed by atoms with Crippen molar-refractivity contribution in [2.45, 2.75) is 31.2 Å². The first-order valence-electron chi connectivity index (χ1n) is 9.67. The summed E-state index contributed by atoms with van der Waals surface area (Å²) in [7, 11) is 0. The molecule has 1 aromatic heterocycles. The highest BCUT2D eigenvalue weighted by Gasteiger charge is 2.32. The number of hydrogen-bond donors (Lipinski definition) is 1. The minimum atomic E-state index is -0.528. The SMILES string of the molecule is N#C[C@@H]1CCCN1C(=O)CN1CC[C@H](c2cc3ccccc3c(C(N)=O)n2)C1. The molecule has 0 aliphatic carbocycles. The first-order valence-corrected chi connectivity index (χ1v) is 9.67. The summed E-state index contributed by atoms with van der Waals surface area (Å²) in [5.74, 6) is -0.352. The van der Waals surface area contributed by atoms with Gasteiger partial charge in [0.25, 0.3) is 5.91 Å². The van der Waals surface area contributed by atoms with Crippen LogP contribution in [0.5, 0.6) is 0 Å². The number of hydrogen-bond acceptors (Lipinski definition) is 5. The van der Waals surface area contributed by atoms with Crippen molar-refractivity contribution in [2.75, 3.05) is 26.2 Å². The maximum atomic E-state index is 12.6. The van der Waals surface area contributed by atoms with E-state index in [1.165, 1.54) is 0 Å². The molecule has 28 heavy (non-hydrogen) atoms. The summed E-state index contributed by atoms with van der Waals surface area (Å²) in [5.41, 5.74) is 6.70. The molecule has 2 aliphatic heterocycles. The van der Waals surface area contributed by atoms with E-state index in [2.05, 4.69) is 16.0 Å². The molecule has 0 bridgehead atoms. The summed E-state index contributed by atoms with van der Waals surface area (Å²) in [6.07, 6.45) is 2.53. The molecule has 1 aromatic carbocycles. The average molecular weight is 377 g/mol.